The van der Waals surface area contributed by atoms with Crippen molar-refractivity contribution in [3.8, 4) is 0 Å². The molecule has 0 atom stereocenters. The first kappa shape index (κ1) is 22.8. The van der Waals surface area contributed by atoms with Gasteiger partial charge in [0.15, 0.2) is 0 Å². The zero-order valence-corrected chi connectivity index (χ0v) is 19.5. The van der Waals surface area contributed by atoms with Gasteiger partial charge in [-0.1, -0.05) is 11.6 Å². The van der Waals surface area contributed by atoms with Gasteiger partial charge in [-0.05, 0) is 57.9 Å². The molecule has 1 aromatic carbocycles. The van der Waals surface area contributed by atoms with Gasteiger partial charge in [0.05, 0.1) is 10.6 Å². The number of carbonyl (C=O) groups excluding carboxylic acids is 1. The van der Waals surface area contributed by atoms with Crippen LogP contribution in [0.5, 0.6) is 0 Å². The average Bonchev–Trinajstić information content (AvgIpc) is 3.01. The third-order valence-corrected chi connectivity index (χ3v) is 8.02. The van der Waals surface area contributed by atoms with Crippen LogP contribution in [0.15, 0.2) is 29.2 Å². The number of sulfonamides is 1. The zero-order chi connectivity index (χ0) is 22.1. The van der Waals surface area contributed by atoms with Crippen molar-refractivity contribution in [1.29, 1.82) is 0 Å². The Bertz CT molecular complexity index is 1010. The normalized spacial score (nSPS) is 16.0. The topological polar surface area (TPSA) is 75.5 Å². The highest BCUT2D eigenvalue weighted by atomic mass is 35.5. The molecule has 7 nitrogen and oxygen atoms in total. The second-order valence-electron chi connectivity index (χ2n) is 7.79. The van der Waals surface area contributed by atoms with Gasteiger partial charge in [0.25, 0.3) is 0 Å². The number of aromatic nitrogens is 2. The van der Waals surface area contributed by atoms with Crippen LogP contribution in [-0.2, 0) is 27.9 Å². The van der Waals surface area contributed by atoms with Crippen LogP contribution in [0.25, 0.3) is 0 Å². The summed E-state index contributed by atoms with van der Waals surface area (Å²) in [5.74, 6) is -0.116. The minimum atomic E-state index is -3.57. The highest BCUT2D eigenvalue weighted by molar-refractivity contribution is 7.89. The molecule has 0 aliphatic carbocycles. The van der Waals surface area contributed by atoms with E-state index in [4.69, 9.17) is 11.6 Å². The van der Waals surface area contributed by atoms with Crippen molar-refractivity contribution < 1.29 is 13.2 Å². The summed E-state index contributed by atoms with van der Waals surface area (Å²) < 4.78 is 29.1. The monoisotopic (exact) mass is 452 g/mol. The molecule has 1 saturated heterocycles. The molecule has 1 fully saturated rings. The quantitative estimate of drug-likeness (QED) is 0.674. The molecule has 2 aromatic rings. The Labute approximate surface area is 183 Å². The van der Waals surface area contributed by atoms with E-state index in [1.807, 2.05) is 25.5 Å². The van der Waals surface area contributed by atoms with Crippen LogP contribution in [0.4, 0.5) is 0 Å². The molecule has 1 aliphatic heterocycles. The molecule has 0 unspecified atom stereocenters. The fourth-order valence-corrected chi connectivity index (χ4v) is 5.59. The number of hydrogen-bond acceptors (Lipinski definition) is 4. The van der Waals surface area contributed by atoms with Crippen LogP contribution in [-0.4, -0.2) is 53.4 Å². The maximum absolute atomic E-state index is 13.0. The number of benzene rings is 1. The highest BCUT2D eigenvalue weighted by Crippen LogP contribution is 2.26. The summed E-state index contributed by atoms with van der Waals surface area (Å²) >= 11 is 5.86. The fraction of sp³-hybridized carbons (Fsp3) is 0.524. The molecular weight excluding hydrogens is 424 g/mol. The van der Waals surface area contributed by atoms with Crippen molar-refractivity contribution in [3.63, 3.8) is 0 Å². The largest absolute Gasteiger partial charge is 0.341 e. The second kappa shape index (κ2) is 9.08. The summed E-state index contributed by atoms with van der Waals surface area (Å²) in [7, 11) is -1.76. The summed E-state index contributed by atoms with van der Waals surface area (Å²) in [5.41, 5.74) is 3.10. The standard InChI is InChI=1S/C21H29ClN4O3S/c1-5-26-16(3)20(15(2)23-26)14-24(4)21(27)17-10-12-25(13-11-17)30(28,29)19-8-6-18(22)7-9-19/h6-9,17H,5,10-14H2,1-4H3. The van der Waals surface area contributed by atoms with Crippen molar-refractivity contribution in [1.82, 2.24) is 19.0 Å². The van der Waals surface area contributed by atoms with E-state index < -0.39 is 10.0 Å². The van der Waals surface area contributed by atoms with Crippen LogP contribution < -0.4 is 0 Å². The Morgan fingerprint density at radius 3 is 2.33 bits per heavy atom. The average molecular weight is 453 g/mol. The molecule has 0 spiro atoms. The first-order chi connectivity index (χ1) is 14.1. The van der Waals surface area contributed by atoms with Gasteiger partial charge in [-0.15, -0.1) is 0 Å². The highest BCUT2D eigenvalue weighted by Gasteiger charge is 2.33. The minimum absolute atomic E-state index is 0.0570. The number of amides is 1. The molecule has 164 valence electrons. The summed E-state index contributed by atoms with van der Waals surface area (Å²) in [6.45, 7) is 8.01. The first-order valence-electron chi connectivity index (χ1n) is 10.2. The molecule has 30 heavy (non-hydrogen) atoms. The third-order valence-electron chi connectivity index (χ3n) is 5.86. The van der Waals surface area contributed by atoms with Crippen molar-refractivity contribution in [3.05, 3.63) is 46.2 Å². The van der Waals surface area contributed by atoms with Gasteiger partial charge in [0, 0.05) is 55.4 Å². The van der Waals surface area contributed by atoms with Gasteiger partial charge in [0.2, 0.25) is 15.9 Å². The molecule has 3 rings (SSSR count). The first-order valence-corrected chi connectivity index (χ1v) is 12.0. The van der Waals surface area contributed by atoms with Crippen molar-refractivity contribution in [2.45, 2.75) is 51.6 Å². The van der Waals surface area contributed by atoms with E-state index in [2.05, 4.69) is 5.10 Å². The van der Waals surface area contributed by atoms with Crippen molar-refractivity contribution in [2.75, 3.05) is 20.1 Å². The maximum atomic E-state index is 13.0. The molecule has 0 radical (unpaired) electrons. The Morgan fingerprint density at radius 1 is 1.20 bits per heavy atom. The molecule has 2 heterocycles. The number of carbonyl (C=O) groups is 1. The lowest BCUT2D eigenvalue weighted by Gasteiger charge is -2.32. The van der Waals surface area contributed by atoms with Crippen LogP contribution in [0.3, 0.4) is 0 Å². The van der Waals surface area contributed by atoms with Crippen molar-refractivity contribution in [2.24, 2.45) is 5.92 Å². The molecule has 0 saturated carbocycles. The molecule has 1 amide bonds. The smallest absolute Gasteiger partial charge is 0.243 e. The number of piperidine rings is 1. The Morgan fingerprint density at radius 2 is 1.80 bits per heavy atom. The Kier molecular flexibility index (Phi) is 6.89. The van der Waals surface area contributed by atoms with E-state index in [0.717, 1.165) is 23.5 Å². The van der Waals surface area contributed by atoms with Crippen molar-refractivity contribution >= 4 is 27.5 Å². The van der Waals surface area contributed by atoms with E-state index in [0.29, 0.717) is 37.5 Å². The fourth-order valence-electron chi connectivity index (χ4n) is 4.00. The van der Waals surface area contributed by atoms with Crippen LogP contribution in [0, 0.1) is 19.8 Å². The van der Waals surface area contributed by atoms with Gasteiger partial charge in [-0.25, -0.2) is 8.42 Å². The number of halogens is 1. The number of rotatable bonds is 6. The van der Waals surface area contributed by atoms with E-state index in [1.54, 1.807) is 24.1 Å². The Hall–Kier alpha value is -1.90. The molecule has 0 bridgehead atoms. The summed E-state index contributed by atoms with van der Waals surface area (Å²) in [5, 5.41) is 5.02. The molecule has 1 aliphatic rings. The maximum Gasteiger partial charge on any atom is 0.243 e. The lowest BCUT2D eigenvalue weighted by Crippen LogP contribution is -2.43. The third kappa shape index (κ3) is 4.55. The van der Waals surface area contributed by atoms with E-state index in [-0.39, 0.29) is 16.7 Å². The van der Waals surface area contributed by atoms with E-state index >= 15 is 0 Å². The van der Waals surface area contributed by atoms with Gasteiger partial charge in [0.1, 0.15) is 0 Å². The number of nitrogens with zero attached hydrogens (tertiary/aromatic N) is 4. The van der Waals surface area contributed by atoms with Gasteiger partial charge < -0.3 is 4.90 Å². The van der Waals surface area contributed by atoms with Gasteiger partial charge in [-0.3, -0.25) is 9.48 Å². The lowest BCUT2D eigenvalue weighted by molar-refractivity contribution is -0.135. The van der Waals surface area contributed by atoms with Gasteiger partial charge in [-0.2, -0.15) is 9.40 Å². The molecular formula is C21H29ClN4O3S. The predicted octanol–water partition coefficient (Wildman–Crippen LogP) is 3.23. The van der Waals surface area contributed by atoms with Gasteiger partial charge >= 0.3 is 0 Å². The van der Waals surface area contributed by atoms with E-state index in [9.17, 15) is 13.2 Å². The molecule has 0 N–H and O–H groups in total. The van der Waals surface area contributed by atoms with E-state index in [1.165, 1.54) is 16.4 Å². The Balaban J connectivity index is 1.62. The SMILES string of the molecule is CCn1nc(C)c(CN(C)C(=O)C2CCN(S(=O)(=O)c3ccc(Cl)cc3)CC2)c1C. The van der Waals surface area contributed by atoms with Crippen LogP contribution >= 0.6 is 11.6 Å². The van der Waals surface area contributed by atoms with Crippen LogP contribution in [0.2, 0.25) is 5.02 Å². The zero-order valence-electron chi connectivity index (χ0n) is 17.9. The number of hydrogen-bond donors (Lipinski definition) is 0. The molecule has 9 heteroatoms. The molecule has 1 aromatic heterocycles. The summed E-state index contributed by atoms with van der Waals surface area (Å²) in [4.78, 5) is 15.0. The number of aryl methyl sites for hydroxylation is 2. The second-order valence-corrected chi connectivity index (χ2v) is 10.2. The summed E-state index contributed by atoms with van der Waals surface area (Å²) in [6, 6.07) is 6.18. The minimum Gasteiger partial charge on any atom is -0.341 e. The van der Waals surface area contributed by atoms with Crippen LogP contribution in [0.1, 0.15) is 36.7 Å². The predicted molar refractivity (Wildman–Crippen MR) is 117 cm³/mol. The lowest BCUT2D eigenvalue weighted by atomic mass is 9.96. The summed E-state index contributed by atoms with van der Waals surface area (Å²) in [6.07, 6.45) is 1.03.